The molecule has 0 bridgehead atoms. The molecule has 96 valence electrons. The molecule has 5 heteroatoms. The van der Waals surface area contributed by atoms with Gasteiger partial charge in [-0.3, -0.25) is 5.10 Å². The van der Waals surface area contributed by atoms with Gasteiger partial charge in [0.25, 0.3) is 0 Å². The zero-order valence-corrected chi connectivity index (χ0v) is 10.4. The lowest BCUT2D eigenvalue weighted by molar-refractivity contribution is -0.152. The van der Waals surface area contributed by atoms with Gasteiger partial charge in [0.2, 0.25) is 0 Å². The number of aryl methyl sites for hydroxylation is 1. The number of H-pyrrole nitrogens is 1. The predicted octanol–water partition coefficient (Wildman–Crippen LogP) is 1.34. The average Bonchev–Trinajstić information content (AvgIpc) is 2.77. The Morgan fingerprint density at radius 3 is 3.06 bits per heavy atom. The van der Waals surface area contributed by atoms with Gasteiger partial charge in [0.15, 0.2) is 6.10 Å². The molecule has 2 rings (SSSR count). The first-order valence-corrected chi connectivity index (χ1v) is 5.89. The van der Waals surface area contributed by atoms with Crippen LogP contribution in [0.1, 0.15) is 18.1 Å². The van der Waals surface area contributed by atoms with Gasteiger partial charge in [-0.15, -0.1) is 0 Å². The molecule has 0 amide bonds. The molecule has 1 unspecified atom stereocenters. The van der Waals surface area contributed by atoms with Crippen LogP contribution >= 0.6 is 0 Å². The van der Waals surface area contributed by atoms with Crippen molar-refractivity contribution in [3.8, 4) is 0 Å². The summed E-state index contributed by atoms with van der Waals surface area (Å²) in [5.41, 5.74) is 2.90. The van der Waals surface area contributed by atoms with Crippen molar-refractivity contribution in [2.75, 3.05) is 6.61 Å². The Labute approximate surface area is 105 Å². The minimum absolute atomic E-state index is 0.251. The van der Waals surface area contributed by atoms with Crippen LogP contribution in [-0.2, 0) is 16.0 Å². The first-order chi connectivity index (χ1) is 8.61. The number of hydrogen-bond acceptors (Lipinski definition) is 4. The number of aromatic nitrogens is 2. The number of fused-ring (bicyclic) bond motifs is 1. The molecule has 1 aromatic carbocycles. The van der Waals surface area contributed by atoms with Crippen molar-refractivity contribution in [2.24, 2.45) is 0 Å². The lowest BCUT2D eigenvalue weighted by Gasteiger charge is -2.10. The van der Waals surface area contributed by atoms with E-state index in [1.54, 1.807) is 13.1 Å². The number of nitrogens with zero attached hydrogens (tertiary/aromatic N) is 1. The van der Waals surface area contributed by atoms with E-state index in [9.17, 15) is 9.90 Å². The van der Waals surface area contributed by atoms with Gasteiger partial charge in [0, 0.05) is 11.8 Å². The van der Waals surface area contributed by atoms with Crippen LogP contribution in [0.5, 0.6) is 0 Å². The number of aromatic amines is 1. The molecule has 2 N–H and O–H groups in total. The van der Waals surface area contributed by atoms with Crippen molar-refractivity contribution in [1.29, 1.82) is 0 Å². The highest BCUT2D eigenvalue weighted by Crippen LogP contribution is 2.19. The third-order valence-electron chi connectivity index (χ3n) is 2.79. The maximum atomic E-state index is 11.4. The van der Waals surface area contributed by atoms with Crippen LogP contribution in [0.4, 0.5) is 0 Å². The van der Waals surface area contributed by atoms with Crippen molar-refractivity contribution in [3.05, 3.63) is 29.5 Å². The van der Waals surface area contributed by atoms with E-state index in [0.29, 0.717) is 0 Å². The minimum Gasteiger partial charge on any atom is -0.464 e. The topological polar surface area (TPSA) is 75.2 Å². The normalized spacial score (nSPS) is 12.6. The standard InChI is InChI=1S/C13H16N2O3/c1-3-18-13(17)11(16)6-9-4-8(2)12-10(5-9)7-14-15-12/h4-5,7,11,16H,3,6H2,1-2H3,(H,14,15). The molecule has 0 radical (unpaired) electrons. The molecule has 1 heterocycles. The van der Waals surface area contributed by atoms with Crippen LogP contribution in [0.15, 0.2) is 18.3 Å². The molecule has 0 fully saturated rings. The molecular formula is C13H16N2O3. The fourth-order valence-electron chi connectivity index (χ4n) is 1.98. The fraction of sp³-hybridized carbons (Fsp3) is 0.385. The van der Waals surface area contributed by atoms with Gasteiger partial charge in [0.1, 0.15) is 0 Å². The van der Waals surface area contributed by atoms with Gasteiger partial charge >= 0.3 is 5.97 Å². The molecule has 0 spiro atoms. The van der Waals surface area contributed by atoms with E-state index in [1.165, 1.54) is 0 Å². The summed E-state index contributed by atoms with van der Waals surface area (Å²) in [6, 6.07) is 3.84. The fourth-order valence-corrected chi connectivity index (χ4v) is 1.98. The number of aliphatic hydroxyl groups excluding tert-OH is 1. The van der Waals surface area contributed by atoms with Crippen LogP contribution in [0, 0.1) is 6.92 Å². The summed E-state index contributed by atoms with van der Waals surface area (Å²) >= 11 is 0. The third-order valence-corrected chi connectivity index (χ3v) is 2.79. The van der Waals surface area contributed by atoms with Crippen molar-refractivity contribution in [2.45, 2.75) is 26.4 Å². The van der Waals surface area contributed by atoms with E-state index < -0.39 is 12.1 Å². The smallest absolute Gasteiger partial charge is 0.335 e. The molecule has 2 aromatic rings. The van der Waals surface area contributed by atoms with Crippen LogP contribution in [0.3, 0.4) is 0 Å². The largest absolute Gasteiger partial charge is 0.464 e. The van der Waals surface area contributed by atoms with Gasteiger partial charge < -0.3 is 9.84 Å². The van der Waals surface area contributed by atoms with Crippen molar-refractivity contribution in [1.82, 2.24) is 10.2 Å². The minimum atomic E-state index is -1.12. The Kier molecular flexibility index (Phi) is 3.62. The summed E-state index contributed by atoms with van der Waals surface area (Å²) in [5, 5.41) is 17.6. The SMILES string of the molecule is CCOC(=O)C(O)Cc1cc(C)c2[nH]ncc2c1. The van der Waals surface area contributed by atoms with E-state index in [0.717, 1.165) is 22.0 Å². The maximum absolute atomic E-state index is 11.4. The number of carbonyl (C=O) groups excluding carboxylic acids is 1. The Morgan fingerprint density at radius 1 is 1.56 bits per heavy atom. The summed E-state index contributed by atoms with van der Waals surface area (Å²) < 4.78 is 4.77. The second-order valence-electron chi connectivity index (χ2n) is 4.22. The monoisotopic (exact) mass is 248 g/mol. The summed E-state index contributed by atoms with van der Waals surface area (Å²) in [5.74, 6) is -0.581. The molecule has 18 heavy (non-hydrogen) atoms. The Hall–Kier alpha value is -1.88. The molecule has 0 saturated carbocycles. The van der Waals surface area contributed by atoms with Gasteiger partial charge in [0.05, 0.1) is 18.3 Å². The van der Waals surface area contributed by atoms with Crippen LogP contribution in [-0.4, -0.2) is 34.0 Å². The zero-order chi connectivity index (χ0) is 13.1. The molecule has 0 saturated heterocycles. The Bertz CT molecular complexity index is 562. The van der Waals surface area contributed by atoms with Crippen molar-refractivity contribution in [3.63, 3.8) is 0 Å². The number of nitrogens with one attached hydrogen (secondary N) is 1. The molecule has 0 aliphatic rings. The third kappa shape index (κ3) is 2.51. The highest BCUT2D eigenvalue weighted by atomic mass is 16.5. The van der Waals surface area contributed by atoms with Gasteiger partial charge in [-0.05, 0) is 31.0 Å². The van der Waals surface area contributed by atoms with Crippen molar-refractivity contribution < 1.29 is 14.6 Å². The number of benzene rings is 1. The number of hydrogen-bond donors (Lipinski definition) is 2. The maximum Gasteiger partial charge on any atom is 0.335 e. The van der Waals surface area contributed by atoms with Gasteiger partial charge in [-0.1, -0.05) is 6.07 Å². The van der Waals surface area contributed by atoms with Crippen molar-refractivity contribution >= 4 is 16.9 Å². The number of carbonyl (C=O) groups is 1. The number of esters is 1. The molecule has 1 atom stereocenters. The van der Waals surface area contributed by atoms with E-state index in [4.69, 9.17) is 4.74 Å². The Morgan fingerprint density at radius 2 is 2.33 bits per heavy atom. The lowest BCUT2D eigenvalue weighted by atomic mass is 10.0. The second kappa shape index (κ2) is 5.18. The Balaban J connectivity index is 2.18. The predicted molar refractivity (Wildman–Crippen MR) is 67.2 cm³/mol. The molecule has 1 aromatic heterocycles. The van der Waals surface area contributed by atoms with E-state index >= 15 is 0 Å². The molecule has 0 aliphatic heterocycles. The molecule has 0 aliphatic carbocycles. The highest BCUT2D eigenvalue weighted by Gasteiger charge is 2.17. The van der Waals surface area contributed by atoms with Crippen LogP contribution in [0.2, 0.25) is 0 Å². The highest BCUT2D eigenvalue weighted by molar-refractivity contribution is 5.82. The van der Waals surface area contributed by atoms with E-state index in [1.807, 2.05) is 19.1 Å². The summed E-state index contributed by atoms with van der Waals surface area (Å²) in [6.07, 6.45) is 0.859. The lowest BCUT2D eigenvalue weighted by Crippen LogP contribution is -2.25. The first-order valence-electron chi connectivity index (χ1n) is 5.89. The number of aliphatic hydroxyl groups is 1. The van der Waals surface area contributed by atoms with Gasteiger partial charge in [-0.25, -0.2) is 4.79 Å². The zero-order valence-electron chi connectivity index (χ0n) is 10.4. The summed E-state index contributed by atoms with van der Waals surface area (Å²) in [7, 11) is 0. The summed E-state index contributed by atoms with van der Waals surface area (Å²) in [4.78, 5) is 11.4. The second-order valence-corrected chi connectivity index (χ2v) is 4.22. The van der Waals surface area contributed by atoms with Crippen LogP contribution in [0.25, 0.3) is 10.9 Å². The number of rotatable bonds is 4. The quantitative estimate of drug-likeness (QED) is 0.801. The van der Waals surface area contributed by atoms with Gasteiger partial charge in [-0.2, -0.15) is 5.10 Å². The average molecular weight is 248 g/mol. The van der Waals surface area contributed by atoms with Crippen LogP contribution < -0.4 is 0 Å². The first kappa shape index (κ1) is 12.6. The number of ether oxygens (including phenoxy) is 1. The molecule has 5 nitrogen and oxygen atoms in total. The van der Waals surface area contributed by atoms with E-state index in [2.05, 4.69) is 10.2 Å². The molecular weight excluding hydrogens is 232 g/mol. The van der Waals surface area contributed by atoms with E-state index in [-0.39, 0.29) is 13.0 Å². The summed E-state index contributed by atoms with van der Waals surface area (Å²) in [6.45, 7) is 3.95.